The second kappa shape index (κ2) is 6.99. The number of aromatic nitrogens is 2. The molecule has 0 bridgehead atoms. The van der Waals surface area contributed by atoms with Crippen molar-refractivity contribution in [2.24, 2.45) is 0 Å². The highest BCUT2D eigenvalue weighted by molar-refractivity contribution is 5.81. The van der Waals surface area contributed by atoms with Crippen LogP contribution < -0.4 is 5.32 Å². The van der Waals surface area contributed by atoms with E-state index in [4.69, 9.17) is 4.74 Å². The minimum absolute atomic E-state index is 0.580. The molecule has 1 unspecified atom stereocenters. The van der Waals surface area contributed by atoms with Gasteiger partial charge in [0.05, 0.1) is 6.61 Å². The van der Waals surface area contributed by atoms with Crippen LogP contribution in [-0.4, -0.2) is 54.3 Å². The molecule has 0 amide bonds. The van der Waals surface area contributed by atoms with Crippen molar-refractivity contribution >= 4 is 11.0 Å². The molecule has 4 heterocycles. The zero-order valence-electron chi connectivity index (χ0n) is 13.7. The summed E-state index contributed by atoms with van der Waals surface area (Å²) < 4.78 is 5.61. The first-order valence-electron chi connectivity index (χ1n) is 8.88. The number of hydrogen-bond acceptors (Lipinski definition) is 4. The van der Waals surface area contributed by atoms with Crippen LogP contribution in [0, 0.1) is 0 Å². The van der Waals surface area contributed by atoms with Gasteiger partial charge in [-0.05, 0) is 43.5 Å². The molecule has 23 heavy (non-hydrogen) atoms. The first kappa shape index (κ1) is 15.1. The number of piperidine rings is 1. The van der Waals surface area contributed by atoms with Crippen molar-refractivity contribution in [2.75, 3.05) is 39.4 Å². The van der Waals surface area contributed by atoms with Crippen LogP contribution in [0.5, 0.6) is 0 Å². The molecule has 5 nitrogen and oxygen atoms in total. The van der Waals surface area contributed by atoms with Gasteiger partial charge in [-0.1, -0.05) is 0 Å². The number of hydrogen-bond donors (Lipinski definition) is 2. The maximum Gasteiger partial charge on any atom is 0.137 e. The van der Waals surface area contributed by atoms with Crippen LogP contribution in [0.25, 0.3) is 11.0 Å². The summed E-state index contributed by atoms with van der Waals surface area (Å²) in [6.07, 6.45) is 5.52. The Morgan fingerprint density at radius 1 is 1.26 bits per heavy atom. The molecule has 0 aliphatic carbocycles. The fourth-order valence-electron chi connectivity index (χ4n) is 3.89. The summed E-state index contributed by atoms with van der Waals surface area (Å²) in [6.45, 7) is 7.11. The Kier molecular flexibility index (Phi) is 4.60. The van der Waals surface area contributed by atoms with E-state index in [1.807, 2.05) is 12.3 Å². The molecular weight excluding hydrogens is 288 g/mol. The van der Waals surface area contributed by atoms with Gasteiger partial charge in [0.2, 0.25) is 0 Å². The minimum Gasteiger partial charge on any atom is -0.380 e. The molecule has 4 rings (SSSR count). The fourth-order valence-corrected chi connectivity index (χ4v) is 3.89. The highest BCUT2D eigenvalue weighted by Crippen LogP contribution is 2.31. The lowest BCUT2D eigenvalue weighted by atomic mass is 9.93. The predicted molar refractivity (Wildman–Crippen MR) is 91.7 cm³/mol. The molecule has 2 aromatic rings. The van der Waals surface area contributed by atoms with E-state index in [0.717, 1.165) is 58.0 Å². The minimum atomic E-state index is 0.580. The lowest BCUT2D eigenvalue weighted by Crippen LogP contribution is -2.30. The van der Waals surface area contributed by atoms with Crippen molar-refractivity contribution in [3.63, 3.8) is 0 Å². The third kappa shape index (κ3) is 3.27. The van der Waals surface area contributed by atoms with Gasteiger partial charge in [0.1, 0.15) is 5.65 Å². The molecule has 2 aliphatic rings. The van der Waals surface area contributed by atoms with Gasteiger partial charge in [-0.2, -0.15) is 0 Å². The molecule has 0 radical (unpaired) electrons. The van der Waals surface area contributed by atoms with E-state index in [0.29, 0.717) is 5.92 Å². The quantitative estimate of drug-likeness (QED) is 0.912. The molecule has 0 saturated carbocycles. The summed E-state index contributed by atoms with van der Waals surface area (Å²) in [7, 11) is 0. The van der Waals surface area contributed by atoms with Crippen molar-refractivity contribution < 1.29 is 4.74 Å². The Morgan fingerprint density at radius 2 is 2.26 bits per heavy atom. The molecular formula is C18H26N4O. The Balaban J connectivity index is 1.67. The number of nitrogens with one attached hydrogen (secondary N) is 2. The number of nitrogens with zero attached hydrogens (tertiary/aromatic N) is 2. The van der Waals surface area contributed by atoms with Crippen LogP contribution in [0.15, 0.2) is 18.3 Å². The van der Waals surface area contributed by atoms with E-state index in [-0.39, 0.29) is 0 Å². The molecule has 2 saturated heterocycles. The molecule has 5 heteroatoms. The van der Waals surface area contributed by atoms with Crippen molar-refractivity contribution in [3.8, 4) is 0 Å². The number of pyridine rings is 1. The normalized spacial score (nSPS) is 23.9. The van der Waals surface area contributed by atoms with E-state index >= 15 is 0 Å². The van der Waals surface area contributed by atoms with Crippen LogP contribution in [0.1, 0.15) is 36.4 Å². The number of H-pyrrole nitrogens is 1. The summed E-state index contributed by atoms with van der Waals surface area (Å²) in [5.41, 5.74) is 3.88. The molecule has 2 aliphatic heterocycles. The zero-order valence-corrected chi connectivity index (χ0v) is 13.7. The average Bonchev–Trinajstić information content (AvgIpc) is 2.78. The standard InChI is InChI=1S/C18H26N4O/c1-4-14(12-19-6-1)17-16(13-22-8-3-10-23-11-9-22)15-5-2-7-20-18(15)21-17/h2,5,7,14,19H,1,3-4,6,8-13H2,(H,20,21). The lowest BCUT2D eigenvalue weighted by molar-refractivity contribution is 0.140. The summed E-state index contributed by atoms with van der Waals surface area (Å²) >= 11 is 0. The van der Waals surface area contributed by atoms with E-state index in [2.05, 4.69) is 26.3 Å². The van der Waals surface area contributed by atoms with Crippen molar-refractivity contribution in [2.45, 2.75) is 31.7 Å². The average molecular weight is 314 g/mol. The molecule has 2 fully saturated rings. The lowest BCUT2D eigenvalue weighted by Gasteiger charge is -2.25. The largest absolute Gasteiger partial charge is 0.380 e. The molecule has 2 aromatic heterocycles. The smallest absolute Gasteiger partial charge is 0.137 e. The highest BCUT2D eigenvalue weighted by atomic mass is 16.5. The zero-order chi connectivity index (χ0) is 15.5. The van der Waals surface area contributed by atoms with Crippen LogP contribution in [0.4, 0.5) is 0 Å². The number of rotatable bonds is 3. The Hall–Kier alpha value is -1.43. The number of ether oxygens (including phenoxy) is 1. The Morgan fingerprint density at radius 3 is 3.17 bits per heavy atom. The van der Waals surface area contributed by atoms with Crippen molar-refractivity contribution in [1.29, 1.82) is 0 Å². The summed E-state index contributed by atoms with van der Waals surface area (Å²) in [5.74, 6) is 0.580. The maximum absolute atomic E-state index is 5.61. The molecule has 124 valence electrons. The monoisotopic (exact) mass is 314 g/mol. The highest BCUT2D eigenvalue weighted by Gasteiger charge is 2.23. The Labute approximate surface area is 137 Å². The Bertz CT molecular complexity index is 640. The topological polar surface area (TPSA) is 53.2 Å². The van der Waals surface area contributed by atoms with Gasteiger partial charge in [0.25, 0.3) is 0 Å². The van der Waals surface area contributed by atoms with Crippen LogP contribution in [-0.2, 0) is 11.3 Å². The fraction of sp³-hybridized carbons (Fsp3) is 0.611. The van der Waals surface area contributed by atoms with Gasteiger partial charge < -0.3 is 15.0 Å². The van der Waals surface area contributed by atoms with Crippen molar-refractivity contribution in [1.82, 2.24) is 20.2 Å². The SMILES string of the molecule is c1cnc2[nH]c(C3CCCNC3)c(CN3CCCOCC3)c2c1. The number of fused-ring (bicyclic) bond motifs is 1. The molecule has 2 N–H and O–H groups in total. The molecule has 0 spiro atoms. The summed E-state index contributed by atoms with van der Waals surface area (Å²) in [5, 5.41) is 4.83. The summed E-state index contributed by atoms with van der Waals surface area (Å²) in [6, 6.07) is 4.26. The van der Waals surface area contributed by atoms with Gasteiger partial charge in [-0.15, -0.1) is 0 Å². The first-order valence-corrected chi connectivity index (χ1v) is 8.88. The predicted octanol–water partition coefficient (Wildman–Crippen LogP) is 2.25. The maximum atomic E-state index is 5.61. The summed E-state index contributed by atoms with van der Waals surface area (Å²) in [4.78, 5) is 10.7. The van der Waals surface area contributed by atoms with Crippen LogP contribution in [0.2, 0.25) is 0 Å². The van der Waals surface area contributed by atoms with E-state index in [9.17, 15) is 0 Å². The van der Waals surface area contributed by atoms with Crippen LogP contribution in [0.3, 0.4) is 0 Å². The second-order valence-corrected chi connectivity index (χ2v) is 6.70. The van der Waals surface area contributed by atoms with Gasteiger partial charge >= 0.3 is 0 Å². The first-order chi connectivity index (χ1) is 11.4. The number of aromatic amines is 1. The van der Waals surface area contributed by atoms with Crippen LogP contribution >= 0.6 is 0 Å². The van der Waals surface area contributed by atoms with Gasteiger partial charge in [0, 0.05) is 56.0 Å². The van der Waals surface area contributed by atoms with Crippen molar-refractivity contribution in [3.05, 3.63) is 29.6 Å². The van der Waals surface area contributed by atoms with E-state index < -0.39 is 0 Å². The van der Waals surface area contributed by atoms with Gasteiger partial charge in [-0.25, -0.2) is 4.98 Å². The van der Waals surface area contributed by atoms with Gasteiger partial charge in [0.15, 0.2) is 0 Å². The third-order valence-corrected chi connectivity index (χ3v) is 5.11. The van der Waals surface area contributed by atoms with E-state index in [1.54, 1.807) is 0 Å². The van der Waals surface area contributed by atoms with Gasteiger partial charge in [-0.3, -0.25) is 4.90 Å². The second-order valence-electron chi connectivity index (χ2n) is 6.70. The third-order valence-electron chi connectivity index (χ3n) is 5.11. The molecule has 0 aromatic carbocycles. The van der Waals surface area contributed by atoms with E-state index in [1.165, 1.54) is 29.5 Å². The molecule has 1 atom stereocenters.